The Morgan fingerprint density at radius 3 is 2.67 bits per heavy atom. The predicted octanol–water partition coefficient (Wildman–Crippen LogP) is 1.81. The van der Waals surface area contributed by atoms with E-state index in [1.165, 1.54) is 24.0 Å². The molecule has 3 nitrogen and oxygen atoms in total. The number of nitrogens with one attached hydrogen (secondary N) is 2. The average molecular weight is 246 g/mol. The molecule has 0 radical (unpaired) electrons. The fourth-order valence-electron chi connectivity index (χ4n) is 2.96. The molecule has 2 saturated heterocycles. The largest absolute Gasteiger partial charge is 0.378 e. The third kappa shape index (κ3) is 2.74. The van der Waals surface area contributed by atoms with E-state index in [4.69, 9.17) is 4.74 Å². The molecule has 2 aliphatic rings. The van der Waals surface area contributed by atoms with E-state index in [0.29, 0.717) is 6.04 Å². The van der Waals surface area contributed by atoms with Gasteiger partial charge in [-0.2, -0.15) is 0 Å². The van der Waals surface area contributed by atoms with Gasteiger partial charge >= 0.3 is 0 Å². The molecule has 0 spiro atoms. The van der Waals surface area contributed by atoms with Crippen molar-refractivity contribution in [2.75, 3.05) is 32.8 Å². The summed E-state index contributed by atoms with van der Waals surface area (Å²) in [6.45, 7) is 4.90. The van der Waals surface area contributed by atoms with Gasteiger partial charge in [-0.3, -0.25) is 0 Å². The molecule has 0 aliphatic carbocycles. The molecule has 2 heterocycles. The molecular formula is C15H22N2O. The van der Waals surface area contributed by atoms with Crippen molar-refractivity contribution in [1.29, 1.82) is 0 Å². The lowest BCUT2D eigenvalue weighted by Crippen LogP contribution is -2.34. The molecule has 0 saturated carbocycles. The Hall–Kier alpha value is -0.900. The van der Waals surface area contributed by atoms with Gasteiger partial charge in [0.05, 0.1) is 19.3 Å². The topological polar surface area (TPSA) is 33.3 Å². The highest BCUT2D eigenvalue weighted by molar-refractivity contribution is 5.29. The van der Waals surface area contributed by atoms with Gasteiger partial charge in [-0.1, -0.05) is 24.3 Å². The van der Waals surface area contributed by atoms with Gasteiger partial charge in [0.15, 0.2) is 0 Å². The van der Waals surface area contributed by atoms with E-state index in [9.17, 15) is 0 Å². The molecule has 1 atom stereocenters. The molecule has 2 N–H and O–H groups in total. The number of piperidine rings is 1. The quantitative estimate of drug-likeness (QED) is 0.835. The van der Waals surface area contributed by atoms with Crippen LogP contribution in [0.3, 0.4) is 0 Å². The number of hydrogen-bond acceptors (Lipinski definition) is 3. The van der Waals surface area contributed by atoms with Gasteiger partial charge in [0.1, 0.15) is 0 Å². The summed E-state index contributed by atoms with van der Waals surface area (Å²) in [7, 11) is 0. The molecule has 1 aromatic rings. The number of hydrogen-bond donors (Lipinski definition) is 2. The van der Waals surface area contributed by atoms with Crippen molar-refractivity contribution >= 4 is 0 Å². The van der Waals surface area contributed by atoms with E-state index in [1.54, 1.807) is 0 Å². The Balaban J connectivity index is 1.75. The summed E-state index contributed by atoms with van der Waals surface area (Å²) in [5.74, 6) is 0.732. The molecule has 1 aromatic carbocycles. The zero-order valence-corrected chi connectivity index (χ0v) is 10.8. The average Bonchev–Trinajstić information content (AvgIpc) is 2.49. The minimum absolute atomic E-state index is 0.375. The maximum absolute atomic E-state index is 5.55. The highest BCUT2D eigenvalue weighted by atomic mass is 16.5. The van der Waals surface area contributed by atoms with Crippen LogP contribution in [0.1, 0.15) is 35.9 Å². The molecule has 18 heavy (non-hydrogen) atoms. The number of benzene rings is 1. The highest BCUT2D eigenvalue weighted by Gasteiger charge is 2.18. The SMILES string of the molecule is c1cc(C2CCNCC2)cc(C2COCCN2)c1. The lowest BCUT2D eigenvalue weighted by Gasteiger charge is -2.27. The second-order valence-electron chi connectivity index (χ2n) is 5.28. The molecular weight excluding hydrogens is 224 g/mol. The first-order valence-electron chi connectivity index (χ1n) is 7.05. The molecule has 3 rings (SSSR count). The summed E-state index contributed by atoms with van der Waals surface area (Å²) in [6.07, 6.45) is 2.52. The normalized spacial score (nSPS) is 26.1. The summed E-state index contributed by atoms with van der Waals surface area (Å²) in [5.41, 5.74) is 2.88. The first-order valence-corrected chi connectivity index (χ1v) is 7.05. The maximum atomic E-state index is 5.55. The molecule has 0 aromatic heterocycles. The summed E-state index contributed by atoms with van der Waals surface area (Å²) in [5, 5.41) is 6.96. The number of rotatable bonds is 2. The van der Waals surface area contributed by atoms with E-state index in [0.717, 1.165) is 38.8 Å². The van der Waals surface area contributed by atoms with E-state index < -0.39 is 0 Å². The zero-order chi connectivity index (χ0) is 12.2. The summed E-state index contributed by atoms with van der Waals surface area (Å²) < 4.78 is 5.55. The van der Waals surface area contributed by atoms with Crippen molar-refractivity contribution in [3.05, 3.63) is 35.4 Å². The van der Waals surface area contributed by atoms with Crippen LogP contribution in [0.15, 0.2) is 24.3 Å². The van der Waals surface area contributed by atoms with E-state index in [2.05, 4.69) is 34.9 Å². The Kier molecular flexibility index (Phi) is 3.93. The van der Waals surface area contributed by atoms with Crippen molar-refractivity contribution in [1.82, 2.24) is 10.6 Å². The molecule has 3 heteroatoms. The molecule has 0 bridgehead atoms. The lowest BCUT2D eigenvalue weighted by molar-refractivity contribution is 0.0768. The van der Waals surface area contributed by atoms with Crippen molar-refractivity contribution in [2.45, 2.75) is 24.8 Å². The van der Waals surface area contributed by atoms with Crippen molar-refractivity contribution in [3.63, 3.8) is 0 Å². The van der Waals surface area contributed by atoms with Gasteiger partial charge in [-0.05, 0) is 43.0 Å². The molecule has 98 valence electrons. The monoisotopic (exact) mass is 246 g/mol. The van der Waals surface area contributed by atoms with Crippen molar-refractivity contribution in [2.24, 2.45) is 0 Å². The minimum Gasteiger partial charge on any atom is -0.378 e. The van der Waals surface area contributed by atoms with Crippen LogP contribution in [-0.2, 0) is 4.74 Å². The van der Waals surface area contributed by atoms with Gasteiger partial charge in [0.25, 0.3) is 0 Å². The maximum Gasteiger partial charge on any atom is 0.0662 e. The number of morpholine rings is 1. The zero-order valence-electron chi connectivity index (χ0n) is 10.8. The minimum atomic E-state index is 0.375. The van der Waals surface area contributed by atoms with Gasteiger partial charge < -0.3 is 15.4 Å². The van der Waals surface area contributed by atoms with Crippen LogP contribution in [0.5, 0.6) is 0 Å². The lowest BCUT2D eigenvalue weighted by atomic mass is 9.88. The molecule has 0 amide bonds. The fraction of sp³-hybridized carbons (Fsp3) is 0.600. The third-order valence-corrected chi connectivity index (χ3v) is 4.05. The Bertz CT molecular complexity index is 349. The first-order chi connectivity index (χ1) is 8.93. The van der Waals surface area contributed by atoms with Crippen LogP contribution in [0.25, 0.3) is 0 Å². The Morgan fingerprint density at radius 2 is 1.89 bits per heavy atom. The predicted molar refractivity (Wildman–Crippen MR) is 72.8 cm³/mol. The second kappa shape index (κ2) is 5.83. The summed E-state index contributed by atoms with van der Waals surface area (Å²) >= 11 is 0. The van der Waals surface area contributed by atoms with Crippen LogP contribution in [0.4, 0.5) is 0 Å². The summed E-state index contributed by atoms with van der Waals surface area (Å²) in [4.78, 5) is 0. The van der Waals surface area contributed by atoms with Crippen LogP contribution in [-0.4, -0.2) is 32.8 Å². The third-order valence-electron chi connectivity index (χ3n) is 4.05. The van der Waals surface area contributed by atoms with Gasteiger partial charge in [-0.15, -0.1) is 0 Å². The van der Waals surface area contributed by atoms with Crippen LogP contribution < -0.4 is 10.6 Å². The van der Waals surface area contributed by atoms with Gasteiger partial charge in [0, 0.05) is 6.54 Å². The fourth-order valence-corrected chi connectivity index (χ4v) is 2.96. The highest BCUT2D eigenvalue weighted by Crippen LogP contribution is 2.27. The van der Waals surface area contributed by atoms with Crippen molar-refractivity contribution < 1.29 is 4.74 Å². The Morgan fingerprint density at radius 1 is 1.06 bits per heavy atom. The Labute approximate surface area is 109 Å². The van der Waals surface area contributed by atoms with E-state index in [1.807, 2.05) is 0 Å². The smallest absolute Gasteiger partial charge is 0.0662 e. The molecule has 2 fully saturated rings. The summed E-state index contributed by atoms with van der Waals surface area (Å²) in [6, 6.07) is 9.45. The van der Waals surface area contributed by atoms with Gasteiger partial charge in [-0.25, -0.2) is 0 Å². The van der Waals surface area contributed by atoms with Crippen molar-refractivity contribution in [3.8, 4) is 0 Å². The standard InChI is InChI=1S/C15H22N2O/c1-2-13(12-4-6-16-7-5-12)10-14(3-1)15-11-18-9-8-17-15/h1-3,10,12,15-17H,4-9,11H2. The van der Waals surface area contributed by atoms with Crippen LogP contribution in [0, 0.1) is 0 Å². The van der Waals surface area contributed by atoms with E-state index in [-0.39, 0.29) is 0 Å². The van der Waals surface area contributed by atoms with Crippen LogP contribution in [0.2, 0.25) is 0 Å². The molecule has 2 aliphatic heterocycles. The van der Waals surface area contributed by atoms with Crippen LogP contribution >= 0.6 is 0 Å². The van der Waals surface area contributed by atoms with E-state index >= 15 is 0 Å². The first kappa shape index (κ1) is 12.2. The van der Waals surface area contributed by atoms with Gasteiger partial charge in [0.2, 0.25) is 0 Å². The second-order valence-corrected chi connectivity index (χ2v) is 5.28. The molecule has 1 unspecified atom stereocenters. The number of ether oxygens (including phenoxy) is 1.